The largest absolute Gasteiger partial charge is 0.225 e. The first kappa shape index (κ1) is 8.25. The molecule has 0 saturated carbocycles. The minimum atomic E-state index is 0.759. The molecule has 3 aromatic rings. The van der Waals surface area contributed by atoms with Crippen LogP contribution in [0.15, 0.2) is 10.1 Å². The van der Waals surface area contributed by atoms with Crippen molar-refractivity contribution in [1.29, 1.82) is 0 Å². The monoisotopic (exact) mass is 269 g/mol. The van der Waals surface area contributed by atoms with Crippen molar-refractivity contribution in [2.24, 2.45) is 0 Å². The molecule has 70 valence electrons. The molecule has 3 rings (SSSR count). The number of tetrazole rings is 1. The average Bonchev–Trinajstić information content (AvgIpc) is 2.72. The third kappa shape index (κ3) is 0.934. The van der Waals surface area contributed by atoms with Crippen molar-refractivity contribution >= 4 is 43.1 Å². The molecule has 0 fully saturated rings. The topological polar surface area (TPSA) is 56.0 Å². The highest BCUT2D eigenvalue weighted by Crippen LogP contribution is 2.34. The van der Waals surface area contributed by atoms with E-state index in [1.54, 1.807) is 22.2 Å². The van der Waals surface area contributed by atoms with Crippen LogP contribution in [0.25, 0.3) is 15.9 Å². The molecule has 0 aliphatic carbocycles. The predicted octanol–water partition coefficient (Wildman–Crippen LogP) is 1.80. The standard InChI is InChI=1S/C7H4BrN5S/c1-3-4-6-10-11-12-13(6)2-9-7(4)14-5(3)8/h2H,1H3. The van der Waals surface area contributed by atoms with Gasteiger partial charge in [0, 0.05) is 0 Å². The highest BCUT2D eigenvalue weighted by Gasteiger charge is 2.12. The number of aromatic nitrogens is 5. The number of rotatable bonds is 0. The van der Waals surface area contributed by atoms with Crippen molar-refractivity contribution in [1.82, 2.24) is 25.0 Å². The van der Waals surface area contributed by atoms with Crippen molar-refractivity contribution in [2.45, 2.75) is 6.92 Å². The van der Waals surface area contributed by atoms with Gasteiger partial charge in [-0.25, -0.2) is 4.98 Å². The Kier molecular flexibility index (Phi) is 1.59. The Morgan fingerprint density at radius 2 is 2.36 bits per heavy atom. The average molecular weight is 270 g/mol. The first-order chi connectivity index (χ1) is 6.77. The summed E-state index contributed by atoms with van der Waals surface area (Å²) in [6.45, 7) is 2.03. The number of thiophene rings is 1. The van der Waals surface area contributed by atoms with Gasteiger partial charge in [-0.15, -0.1) is 16.4 Å². The maximum Gasteiger partial charge on any atom is 0.191 e. The Morgan fingerprint density at radius 1 is 1.50 bits per heavy atom. The normalized spacial score (nSPS) is 11.6. The summed E-state index contributed by atoms with van der Waals surface area (Å²) in [5, 5.41) is 12.4. The molecule has 0 saturated heterocycles. The number of nitrogens with zero attached hydrogens (tertiary/aromatic N) is 5. The lowest BCUT2D eigenvalue weighted by Gasteiger charge is -1.91. The van der Waals surface area contributed by atoms with Crippen molar-refractivity contribution in [3.8, 4) is 0 Å². The summed E-state index contributed by atoms with van der Waals surface area (Å²) in [5.74, 6) is 0. The van der Waals surface area contributed by atoms with Gasteiger partial charge in [-0.3, -0.25) is 0 Å². The quantitative estimate of drug-likeness (QED) is 0.625. The third-order valence-corrected chi connectivity index (χ3v) is 4.14. The highest BCUT2D eigenvalue weighted by atomic mass is 79.9. The molecule has 14 heavy (non-hydrogen) atoms. The molecule has 0 atom stereocenters. The van der Waals surface area contributed by atoms with Crippen LogP contribution in [0.3, 0.4) is 0 Å². The number of halogens is 1. The predicted molar refractivity (Wildman–Crippen MR) is 56.4 cm³/mol. The Morgan fingerprint density at radius 3 is 3.21 bits per heavy atom. The van der Waals surface area contributed by atoms with E-state index >= 15 is 0 Å². The van der Waals surface area contributed by atoms with Gasteiger partial charge in [-0.05, 0) is 38.8 Å². The van der Waals surface area contributed by atoms with E-state index in [0.29, 0.717) is 0 Å². The zero-order chi connectivity index (χ0) is 9.71. The molecule has 3 aromatic heterocycles. The molecule has 0 aliphatic rings. The van der Waals surface area contributed by atoms with Gasteiger partial charge >= 0.3 is 0 Å². The molecule has 3 heterocycles. The maximum absolute atomic E-state index is 4.27. The number of hydrogen-bond donors (Lipinski definition) is 0. The number of fused-ring (bicyclic) bond motifs is 3. The second kappa shape index (κ2) is 2.71. The Balaban J connectivity index is 2.66. The van der Waals surface area contributed by atoms with Gasteiger partial charge < -0.3 is 0 Å². The lowest BCUT2D eigenvalue weighted by Crippen LogP contribution is -1.89. The molecule has 0 radical (unpaired) electrons. The van der Waals surface area contributed by atoms with E-state index in [1.807, 2.05) is 6.92 Å². The lowest BCUT2D eigenvalue weighted by molar-refractivity contribution is 0.813. The van der Waals surface area contributed by atoms with E-state index < -0.39 is 0 Å². The summed E-state index contributed by atoms with van der Waals surface area (Å²) in [5.41, 5.74) is 1.90. The third-order valence-electron chi connectivity index (χ3n) is 2.07. The lowest BCUT2D eigenvalue weighted by atomic mass is 10.3. The first-order valence-corrected chi connectivity index (χ1v) is 5.49. The summed E-state index contributed by atoms with van der Waals surface area (Å²) in [4.78, 5) is 5.23. The fourth-order valence-electron chi connectivity index (χ4n) is 1.37. The molecule has 0 unspecified atom stereocenters. The maximum atomic E-state index is 4.27. The molecule has 7 heteroatoms. The fraction of sp³-hybridized carbons (Fsp3) is 0.143. The van der Waals surface area contributed by atoms with E-state index in [0.717, 1.165) is 25.2 Å². The van der Waals surface area contributed by atoms with E-state index in [2.05, 4.69) is 36.4 Å². The minimum absolute atomic E-state index is 0.759. The summed E-state index contributed by atoms with van der Waals surface area (Å²) >= 11 is 5.08. The molecule has 0 bridgehead atoms. The summed E-state index contributed by atoms with van der Waals surface area (Å²) in [6.07, 6.45) is 1.63. The van der Waals surface area contributed by atoms with Gasteiger partial charge in [0.25, 0.3) is 0 Å². The van der Waals surface area contributed by atoms with E-state index in [4.69, 9.17) is 0 Å². The Labute approximate surface area is 90.9 Å². The molecule has 0 aromatic carbocycles. The van der Waals surface area contributed by atoms with Gasteiger partial charge in [0.1, 0.15) is 11.2 Å². The van der Waals surface area contributed by atoms with Crippen molar-refractivity contribution in [3.63, 3.8) is 0 Å². The molecule has 0 amide bonds. The van der Waals surface area contributed by atoms with Crippen LogP contribution in [0.1, 0.15) is 5.56 Å². The molecule has 0 N–H and O–H groups in total. The minimum Gasteiger partial charge on any atom is -0.225 e. The molecular weight excluding hydrogens is 266 g/mol. The first-order valence-electron chi connectivity index (χ1n) is 3.88. The van der Waals surface area contributed by atoms with Gasteiger partial charge in [0.2, 0.25) is 0 Å². The fourth-order valence-corrected chi connectivity index (χ4v) is 2.90. The smallest absolute Gasteiger partial charge is 0.191 e. The summed E-state index contributed by atoms with van der Waals surface area (Å²) in [7, 11) is 0. The van der Waals surface area contributed by atoms with E-state index in [-0.39, 0.29) is 0 Å². The van der Waals surface area contributed by atoms with Crippen LogP contribution in [0.4, 0.5) is 0 Å². The zero-order valence-electron chi connectivity index (χ0n) is 7.10. The van der Waals surface area contributed by atoms with Crippen LogP contribution in [0.5, 0.6) is 0 Å². The Bertz CT molecular complexity index is 627. The number of hydrogen-bond acceptors (Lipinski definition) is 5. The van der Waals surface area contributed by atoms with E-state index in [9.17, 15) is 0 Å². The van der Waals surface area contributed by atoms with Crippen LogP contribution < -0.4 is 0 Å². The molecule has 5 nitrogen and oxygen atoms in total. The summed E-state index contributed by atoms with van der Waals surface area (Å²) < 4.78 is 2.66. The van der Waals surface area contributed by atoms with Gasteiger partial charge in [0.05, 0.1) is 9.17 Å². The SMILES string of the molecule is Cc1c(Br)sc2ncn3nnnc3c12. The summed E-state index contributed by atoms with van der Waals surface area (Å²) in [6, 6.07) is 0. The van der Waals surface area contributed by atoms with Crippen molar-refractivity contribution < 1.29 is 0 Å². The second-order valence-corrected chi connectivity index (χ2v) is 5.19. The molecular formula is C7H4BrN5S. The molecule has 0 aliphatic heterocycles. The van der Waals surface area contributed by atoms with Crippen LogP contribution >= 0.6 is 27.3 Å². The van der Waals surface area contributed by atoms with Crippen LogP contribution in [-0.4, -0.2) is 25.0 Å². The zero-order valence-corrected chi connectivity index (χ0v) is 9.50. The highest BCUT2D eigenvalue weighted by molar-refractivity contribution is 9.11. The van der Waals surface area contributed by atoms with Gasteiger partial charge in [0.15, 0.2) is 5.65 Å². The van der Waals surface area contributed by atoms with Crippen LogP contribution in [0.2, 0.25) is 0 Å². The number of aryl methyl sites for hydroxylation is 1. The van der Waals surface area contributed by atoms with Crippen LogP contribution in [0, 0.1) is 6.92 Å². The van der Waals surface area contributed by atoms with Crippen LogP contribution in [-0.2, 0) is 0 Å². The Hall–Kier alpha value is -1.08. The van der Waals surface area contributed by atoms with Crippen molar-refractivity contribution in [2.75, 3.05) is 0 Å². The molecule has 0 spiro atoms. The van der Waals surface area contributed by atoms with Gasteiger partial charge in [-0.2, -0.15) is 4.52 Å². The van der Waals surface area contributed by atoms with E-state index in [1.165, 1.54) is 0 Å². The second-order valence-electron chi connectivity index (χ2n) is 2.87. The van der Waals surface area contributed by atoms with Crippen molar-refractivity contribution in [3.05, 3.63) is 15.7 Å². The van der Waals surface area contributed by atoms with Gasteiger partial charge in [-0.1, -0.05) is 0 Å².